The van der Waals surface area contributed by atoms with Crippen molar-refractivity contribution in [1.82, 2.24) is 16.0 Å². The van der Waals surface area contributed by atoms with Crippen LogP contribution in [-0.2, 0) is 17.6 Å². The van der Waals surface area contributed by atoms with Gasteiger partial charge in [-0.25, -0.2) is 0 Å². The molecule has 0 unspecified atom stereocenters. The van der Waals surface area contributed by atoms with Gasteiger partial charge in [0.1, 0.15) is 5.75 Å². The van der Waals surface area contributed by atoms with Gasteiger partial charge in [-0.05, 0) is 23.6 Å². The van der Waals surface area contributed by atoms with E-state index in [4.69, 9.17) is 4.74 Å². The Labute approximate surface area is 150 Å². The standard InChI is InChI=1S/C19H30N4O2/c1-19(2,3)17(24)21-10-11-23-18(20-4)22-9-7-14-5-6-16-15(13-14)8-12-25-16/h5-6,13H,7-12H2,1-4H3,(H,21,24)(H2,20,22,23). The van der Waals surface area contributed by atoms with Gasteiger partial charge in [-0.2, -0.15) is 0 Å². The molecule has 0 atom stereocenters. The summed E-state index contributed by atoms with van der Waals surface area (Å²) < 4.78 is 5.53. The molecule has 0 aliphatic carbocycles. The number of guanidine groups is 1. The summed E-state index contributed by atoms with van der Waals surface area (Å²) in [5.74, 6) is 1.82. The number of hydrogen-bond acceptors (Lipinski definition) is 3. The highest BCUT2D eigenvalue weighted by Gasteiger charge is 2.20. The lowest BCUT2D eigenvalue weighted by molar-refractivity contribution is -0.128. The predicted octanol–water partition coefficient (Wildman–Crippen LogP) is 1.49. The summed E-state index contributed by atoms with van der Waals surface area (Å²) >= 11 is 0. The van der Waals surface area contributed by atoms with Crippen molar-refractivity contribution in [3.8, 4) is 5.75 Å². The van der Waals surface area contributed by atoms with E-state index >= 15 is 0 Å². The monoisotopic (exact) mass is 346 g/mol. The highest BCUT2D eigenvalue weighted by atomic mass is 16.5. The first-order valence-electron chi connectivity index (χ1n) is 8.87. The molecule has 1 aromatic rings. The summed E-state index contributed by atoms with van der Waals surface area (Å²) in [6, 6.07) is 6.40. The van der Waals surface area contributed by atoms with Crippen LogP contribution in [0.3, 0.4) is 0 Å². The van der Waals surface area contributed by atoms with Gasteiger partial charge in [-0.3, -0.25) is 9.79 Å². The molecule has 1 amide bonds. The van der Waals surface area contributed by atoms with E-state index in [1.807, 2.05) is 20.8 Å². The second-order valence-corrected chi connectivity index (χ2v) is 7.22. The minimum Gasteiger partial charge on any atom is -0.493 e. The van der Waals surface area contributed by atoms with E-state index in [-0.39, 0.29) is 11.3 Å². The number of carbonyl (C=O) groups is 1. The molecular formula is C19H30N4O2. The number of ether oxygens (including phenoxy) is 1. The van der Waals surface area contributed by atoms with Crippen LogP contribution in [0.25, 0.3) is 0 Å². The van der Waals surface area contributed by atoms with Crippen molar-refractivity contribution < 1.29 is 9.53 Å². The van der Waals surface area contributed by atoms with Crippen molar-refractivity contribution in [2.24, 2.45) is 10.4 Å². The van der Waals surface area contributed by atoms with Gasteiger partial charge >= 0.3 is 0 Å². The molecule has 6 heteroatoms. The molecular weight excluding hydrogens is 316 g/mol. The highest BCUT2D eigenvalue weighted by Crippen LogP contribution is 2.25. The molecule has 25 heavy (non-hydrogen) atoms. The SMILES string of the molecule is CN=C(NCCNC(=O)C(C)(C)C)NCCc1ccc2c(c1)CCO2. The maximum atomic E-state index is 11.8. The lowest BCUT2D eigenvalue weighted by Gasteiger charge is -2.18. The largest absolute Gasteiger partial charge is 0.493 e. The first-order chi connectivity index (χ1) is 11.9. The molecule has 1 aliphatic rings. The van der Waals surface area contributed by atoms with Crippen LogP contribution < -0.4 is 20.7 Å². The lowest BCUT2D eigenvalue weighted by Crippen LogP contribution is -2.43. The Balaban J connectivity index is 1.66. The molecule has 0 fully saturated rings. The third-order valence-electron chi connectivity index (χ3n) is 4.07. The number of amides is 1. The smallest absolute Gasteiger partial charge is 0.225 e. The van der Waals surface area contributed by atoms with Gasteiger partial charge in [0.15, 0.2) is 5.96 Å². The van der Waals surface area contributed by atoms with E-state index in [1.54, 1.807) is 7.05 Å². The van der Waals surface area contributed by atoms with Gasteiger partial charge < -0.3 is 20.7 Å². The molecule has 6 nitrogen and oxygen atoms in total. The highest BCUT2D eigenvalue weighted by molar-refractivity contribution is 5.81. The summed E-state index contributed by atoms with van der Waals surface area (Å²) in [5, 5.41) is 9.42. The van der Waals surface area contributed by atoms with Crippen molar-refractivity contribution in [1.29, 1.82) is 0 Å². The molecule has 0 aromatic heterocycles. The van der Waals surface area contributed by atoms with Crippen molar-refractivity contribution >= 4 is 11.9 Å². The number of nitrogens with zero attached hydrogens (tertiary/aromatic N) is 1. The summed E-state index contributed by atoms with van der Waals surface area (Å²) in [6.07, 6.45) is 1.93. The van der Waals surface area contributed by atoms with Gasteiger partial charge in [-0.15, -0.1) is 0 Å². The summed E-state index contributed by atoms with van der Waals surface area (Å²) in [5.41, 5.74) is 2.24. The Hall–Kier alpha value is -2.24. The van der Waals surface area contributed by atoms with Crippen LogP contribution >= 0.6 is 0 Å². The van der Waals surface area contributed by atoms with Crippen molar-refractivity contribution in [2.75, 3.05) is 33.3 Å². The molecule has 0 radical (unpaired) electrons. The fourth-order valence-corrected chi connectivity index (χ4v) is 2.56. The molecule has 0 saturated heterocycles. The molecule has 0 spiro atoms. The maximum Gasteiger partial charge on any atom is 0.225 e. The van der Waals surface area contributed by atoms with Crippen molar-refractivity contribution in [2.45, 2.75) is 33.6 Å². The number of carbonyl (C=O) groups excluding carboxylic acids is 1. The van der Waals surface area contributed by atoms with E-state index in [0.717, 1.165) is 37.7 Å². The van der Waals surface area contributed by atoms with Gasteiger partial charge in [0.05, 0.1) is 6.61 Å². The van der Waals surface area contributed by atoms with E-state index in [1.165, 1.54) is 11.1 Å². The molecule has 138 valence electrons. The fourth-order valence-electron chi connectivity index (χ4n) is 2.56. The average Bonchev–Trinajstić information content (AvgIpc) is 3.03. The van der Waals surface area contributed by atoms with Crippen LogP contribution in [0.4, 0.5) is 0 Å². The van der Waals surface area contributed by atoms with Crippen molar-refractivity contribution in [3.63, 3.8) is 0 Å². The number of rotatable bonds is 6. The van der Waals surface area contributed by atoms with Crippen LogP contribution in [0.2, 0.25) is 0 Å². The van der Waals surface area contributed by atoms with Crippen molar-refractivity contribution in [3.05, 3.63) is 29.3 Å². The summed E-state index contributed by atoms with van der Waals surface area (Å²) in [6.45, 7) is 8.51. The zero-order chi connectivity index (χ0) is 18.3. The Morgan fingerprint density at radius 1 is 1.16 bits per heavy atom. The minimum absolute atomic E-state index is 0.0536. The lowest BCUT2D eigenvalue weighted by atomic mass is 9.96. The Morgan fingerprint density at radius 3 is 2.60 bits per heavy atom. The predicted molar refractivity (Wildman–Crippen MR) is 101 cm³/mol. The Kier molecular flexibility index (Phi) is 6.67. The quantitative estimate of drug-likeness (QED) is 0.414. The van der Waals surface area contributed by atoms with E-state index in [9.17, 15) is 4.79 Å². The molecule has 1 aliphatic heterocycles. The first kappa shape index (κ1) is 19.1. The van der Waals surface area contributed by atoms with Gasteiger partial charge in [-0.1, -0.05) is 32.9 Å². The third kappa shape index (κ3) is 5.96. The number of benzene rings is 1. The van der Waals surface area contributed by atoms with Crippen LogP contribution in [-0.4, -0.2) is 45.2 Å². The number of nitrogens with one attached hydrogen (secondary N) is 3. The van der Waals surface area contributed by atoms with Crippen LogP contribution in [0.15, 0.2) is 23.2 Å². The normalized spacial score (nSPS) is 13.8. The molecule has 1 heterocycles. The van der Waals surface area contributed by atoms with E-state index in [0.29, 0.717) is 13.1 Å². The van der Waals surface area contributed by atoms with Crippen LogP contribution in [0.5, 0.6) is 5.75 Å². The third-order valence-corrected chi connectivity index (χ3v) is 4.07. The summed E-state index contributed by atoms with van der Waals surface area (Å²) in [4.78, 5) is 16.0. The maximum absolute atomic E-state index is 11.8. The molecule has 0 saturated carbocycles. The number of aliphatic imine (C=N–C) groups is 1. The molecule has 3 N–H and O–H groups in total. The van der Waals surface area contributed by atoms with Gasteiger partial charge in [0, 0.05) is 38.5 Å². The van der Waals surface area contributed by atoms with E-state index in [2.05, 4.69) is 39.1 Å². The second-order valence-electron chi connectivity index (χ2n) is 7.22. The first-order valence-corrected chi connectivity index (χ1v) is 8.87. The van der Waals surface area contributed by atoms with E-state index < -0.39 is 0 Å². The van der Waals surface area contributed by atoms with Crippen LogP contribution in [0, 0.1) is 5.41 Å². The zero-order valence-corrected chi connectivity index (χ0v) is 15.7. The minimum atomic E-state index is -0.360. The fraction of sp³-hybridized carbons (Fsp3) is 0.579. The van der Waals surface area contributed by atoms with Gasteiger partial charge in [0.25, 0.3) is 0 Å². The molecule has 1 aromatic carbocycles. The van der Waals surface area contributed by atoms with Crippen LogP contribution in [0.1, 0.15) is 31.9 Å². The second kappa shape index (κ2) is 8.74. The van der Waals surface area contributed by atoms with Gasteiger partial charge in [0.2, 0.25) is 5.91 Å². The Morgan fingerprint density at radius 2 is 1.88 bits per heavy atom. The summed E-state index contributed by atoms with van der Waals surface area (Å²) in [7, 11) is 1.75. The number of fused-ring (bicyclic) bond motifs is 1. The molecule has 2 rings (SSSR count). The Bertz CT molecular complexity index is 620. The average molecular weight is 346 g/mol. The topological polar surface area (TPSA) is 74.8 Å². The number of hydrogen-bond donors (Lipinski definition) is 3. The zero-order valence-electron chi connectivity index (χ0n) is 15.7. The molecule has 0 bridgehead atoms.